The van der Waals surface area contributed by atoms with E-state index in [0.717, 1.165) is 95.6 Å². The minimum atomic E-state index is -0.0468. The first-order valence-electron chi connectivity index (χ1n) is 17.4. The Hall–Kier alpha value is -1.67. The van der Waals surface area contributed by atoms with E-state index < -0.39 is 0 Å². The number of carbonyl (C=O) groups excluding carboxylic acids is 2. The Morgan fingerprint density at radius 3 is 2.20 bits per heavy atom. The fourth-order valence-corrected chi connectivity index (χ4v) is 9.97. The average Bonchev–Trinajstić information content (AvgIpc) is 3.36. The van der Waals surface area contributed by atoms with Crippen molar-refractivity contribution in [2.24, 2.45) is 35.3 Å². The highest BCUT2D eigenvalue weighted by Crippen LogP contribution is 2.47. The van der Waals surface area contributed by atoms with Crippen LogP contribution in [0.25, 0.3) is 0 Å². The predicted molar refractivity (Wildman–Crippen MR) is 162 cm³/mol. The van der Waals surface area contributed by atoms with Crippen molar-refractivity contribution < 1.29 is 9.59 Å². The lowest BCUT2D eigenvalue weighted by atomic mass is 9.65. The summed E-state index contributed by atoms with van der Waals surface area (Å²) in [6, 6.07) is 0.735. The van der Waals surface area contributed by atoms with Crippen molar-refractivity contribution in [3.05, 3.63) is 0 Å². The topological polar surface area (TPSA) is 123 Å². The van der Waals surface area contributed by atoms with Crippen molar-refractivity contribution in [1.82, 2.24) is 20.9 Å². The van der Waals surface area contributed by atoms with Crippen molar-refractivity contribution in [2.45, 2.75) is 146 Å². The summed E-state index contributed by atoms with van der Waals surface area (Å²) in [6.07, 6.45) is 20.6. The van der Waals surface area contributed by atoms with Gasteiger partial charge in [-0.15, -0.1) is 0 Å². The van der Waals surface area contributed by atoms with Crippen molar-refractivity contribution in [3.8, 4) is 0 Å². The third-order valence-corrected chi connectivity index (χ3v) is 12.3. The van der Waals surface area contributed by atoms with Crippen LogP contribution < -0.4 is 21.7 Å². The van der Waals surface area contributed by atoms with Crippen LogP contribution in [0.1, 0.15) is 116 Å². The fraction of sp³-hybridized carbons (Fsp3) is 0.909. The number of carbonyl (C=O) groups is 2. The van der Waals surface area contributed by atoms with E-state index in [2.05, 4.69) is 20.9 Å². The summed E-state index contributed by atoms with van der Waals surface area (Å²) < 4.78 is 0. The van der Waals surface area contributed by atoms with Gasteiger partial charge in [0, 0.05) is 30.6 Å². The summed E-state index contributed by atoms with van der Waals surface area (Å²) in [5.74, 6) is 3.88. The first-order valence-corrected chi connectivity index (χ1v) is 17.4. The number of hydrogen-bond acceptors (Lipinski definition) is 5. The molecule has 2 heterocycles. The Morgan fingerprint density at radius 1 is 0.756 bits per heavy atom. The zero-order chi connectivity index (χ0) is 28.3. The van der Waals surface area contributed by atoms with E-state index in [1.807, 2.05) is 0 Å². The van der Waals surface area contributed by atoms with Crippen LogP contribution in [0.3, 0.4) is 0 Å². The Labute approximate surface area is 247 Å². The number of nitrogens with zero attached hydrogens (tertiary/aromatic N) is 1. The van der Waals surface area contributed by atoms with Gasteiger partial charge >= 0.3 is 0 Å². The van der Waals surface area contributed by atoms with Gasteiger partial charge in [0.15, 0.2) is 0 Å². The second kappa shape index (κ2) is 13.3. The zero-order valence-electron chi connectivity index (χ0n) is 25.3. The van der Waals surface area contributed by atoms with Gasteiger partial charge in [0.25, 0.3) is 0 Å². The highest BCUT2D eigenvalue weighted by atomic mass is 16.2. The number of fused-ring (bicyclic) bond motifs is 2. The number of amidine groups is 1. The summed E-state index contributed by atoms with van der Waals surface area (Å²) in [6.45, 7) is 1.99. The molecule has 0 aromatic carbocycles. The van der Waals surface area contributed by atoms with Crippen LogP contribution in [-0.2, 0) is 9.59 Å². The van der Waals surface area contributed by atoms with Crippen LogP contribution in [-0.4, -0.2) is 65.8 Å². The largest absolute Gasteiger partial charge is 0.387 e. The molecule has 0 spiro atoms. The molecule has 6 N–H and O–H groups in total. The van der Waals surface area contributed by atoms with Crippen LogP contribution in [0.2, 0.25) is 0 Å². The van der Waals surface area contributed by atoms with Crippen LogP contribution in [0, 0.1) is 35.0 Å². The molecular formula is C33H56N6O2. The number of rotatable bonds is 7. The number of nitrogens with one attached hydrogen (secondary N) is 4. The van der Waals surface area contributed by atoms with E-state index in [4.69, 9.17) is 11.1 Å². The van der Waals surface area contributed by atoms with Crippen LogP contribution in [0.4, 0.5) is 0 Å². The van der Waals surface area contributed by atoms with Crippen LogP contribution in [0.15, 0.2) is 0 Å². The molecule has 2 aliphatic heterocycles. The van der Waals surface area contributed by atoms with Crippen molar-refractivity contribution in [2.75, 3.05) is 13.1 Å². The van der Waals surface area contributed by atoms with Gasteiger partial charge in [0.1, 0.15) is 0 Å². The molecule has 8 heteroatoms. The van der Waals surface area contributed by atoms with Gasteiger partial charge in [-0.1, -0.05) is 38.5 Å². The summed E-state index contributed by atoms with van der Waals surface area (Å²) in [4.78, 5) is 29.3. The molecule has 0 aromatic heterocycles. The molecule has 4 saturated carbocycles. The van der Waals surface area contributed by atoms with Crippen molar-refractivity contribution in [1.29, 1.82) is 5.41 Å². The fourth-order valence-electron chi connectivity index (χ4n) is 9.97. The maximum Gasteiger partial charge on any atom is 0.237 e. The van der Waals surface area contributed by atoms with E-state index in [0.29, 0.717) is 23.7 Å². The highest BCUT2D eigenvalue weighted by molar-refractivity contribution is 5.83. The minimum Gasteiger partial charge on any atom is -0.387 e. The molecule has 0 radical (unpaired) electrons. The van der Waals surface area contributed by atoms with E-state index >= 15 is 0 Å². The molecular weight excluding hydrogens is 512 g/mol. The van der Waals surface area contributed by atoms with Crippen LogP contribution in [0.5, 0.6) is 0 Å². The minimum absolute atomic E-state index is 0.0336. The van der Waals surface area contributed by atoms with E-state index in [1.54, 1.807) is 0 Å². The normalized spacial score (nSPS) is 41.6. The molecule has 2 amide bonds. The third kappa shape index (κ3) is 6.79. The second-order valence-corrected chi connectivity index (χ2v) is 14.7. The summed E-state index contributed by atoms with van der Waals surface area (Å²) >= 11 is 0. The van der Waals surface area contributed by atoms with Gasteiger partial charge in [0.2, 0.25) is 11.8 Å². The average molecular weight is 569 g/mol. The number of amides is 2. The maximum absolute atomic E-state index is 14.0. The Balaban J connectivity index is 1.07. The van der Waals surface area contributed by atoms with E-state index in [-0.39, 0.29) is 41.9 Å². The Morgan fingerprint density at radius 2 is 1.46 bits per heavy atom. The number of piperidine rings is 1. The molecule has 6 rings (SSSR count). The van der Waals surface area contributed by atoms with E-state index in [9.17, 15) is 9.59 Å². The van der Waals surface area contributed by atoms with Gasteiger partial charge in [0.05, 0.1) is 17.9 Å². The molecule has 230 valence electrons. The van der Waals surface area contributed by atoms with Crippen LogP contribution >= 0.6 is 0 Å². The summed E-state index contributed by atoms with van der Waals surface area (Å²) in [5, 5.41) is 18.3. The molecule has 8 nitrogen and oxygen atoms in total. The highest BCUT2D eigenvalue weighted by Gasteiger charge is 2.49. The first kappa shape index (κ1) is 29.4. The smallest absolute Gasteiger partial charge is 0.237 e. The molecule has 8 unspecified atom stereocenters. The molecule has 6 fully saturated rings. The zero-order valence-corrected chi connectivity index (χ0v) is 25.3. The molecule has 6 aliphatic rings. The molecule has 41 heavy (non-hydrogen) atoms. The summed E-state index contributed by atoms with van der Waals surface area (Å²) in [7, 11) is 0. The quantitative estimate of drug-likeness (QED) is 0.234. The molecule has 0 aromatic rings. The molecule has 0 bridgehead atoms. The standard InChI is InChI=1S/C33H56N6O2/c34-31(35)23-12-11-22-18-30(39(29(22)19-23)20-24-8-5-7-21-6-1-2-9-27(21)24)33(41)38-26-15-13-25(14-16-26)37-32(40)28-10-3-4-17-36-28/h21-30,36H,1-20H2,(H3,34,35)(H,37,40)(H,38,41). The lowest BCUT2D eigenvalue weighted by molar-refractivity contribution is -0.128. The van der Waals surface area contributed by atoms with Gasteiger partial charge in [-0.3, -0.25) is 19.9 Å². The molecule has 4 aliphatic carbocycles. The Kier molecular flexibility index (Phi) is 9.55. The van der Waals surface area contributed by atoms with Gasteiger partial charge in [-0.25, -0.2) is 0 Å². The Bertz CT molecular complexity index is 927. The van der Waals surface area contributed by atoms with Gasteiger partial charge < -0.3 is 21.7 Å². The van der Waals surface area contributed by atoms with Crippen molar-refractivity contribution in [3.63, 3.8) is 0 Å². The van der Waals surface area contributed by atoms with E-state index in [1.165, 1.54) is 44.9 Å². The summed E-state index contributed by atoms with van der Waals surface area (Å²) in [5.41, 5.74) is 6.02. The third-order valence-electron chi connectivity index (χ3n) is 12.3. The monoisotopic (exact) mass is 568 g/mol. The number of hydrogen-bond donors (Lipinski definition) is 5. The lowest BCUT2D eigenvalue weighted by Gasteiger charge is -2.45. The van der Waals surface area contributed by atoms with Gasteiger partial charge in [-0.2, -0.15) is 0 Å². The second-order valence-electron chi connectivity index (χ2n) is 14.7. The molecule has 8 atom stereocenters. The predicted octanol–water partition coefficient (Wildman–Crippen LogP) is 4.07. The van der Waals surface area contributed by atoms with Crippen molar-refractivity contribution >= 4 is 17.6 Å². The molecule has 2 saturated heterocycles. The number of nitrogens with two attached hydrogens (primary N) is 1. The number of likely N-dealkylation sites (tertiary alicyclic amines) is 1. The van der Waals surface area contributed by atoms with Gasteiger partial charge in [-0.05, 0) is 107 Å². The lowest BCUT2D eigenvalue weighted by Crippen LogP contribution is -2.54. The maximum atomic E-state index is 14.0. The first-order chi connectivity index (χ1) is 20.0. The SMILES string of the molecule is N=C(N)C1CCC2CC(C(=O)NC3CCC(NC(=O)C4CCCCN4)CC3)N(CC3CCCC4CCCCC43)C2C1.